The summed E-state index contributed by atoms with van der Waals surface area (Å²) in [5.74, 6) is 1.19. The van der Waals surface area contributed by atoms with Crippen molar-refractivity contribution >= 4 is 8.32 Å². The molecule has 0 amide bonds. The van der Waals surface area contributed by atoms with Gasteiger partial charge in [0.05, 0.1) is 5.76 Å². The smallest absolute Gasteiger partial charge is 0.241 e. The van der Waals surface area contributed by atoms with Crippen molar-refractivity contribution in [2.75, 3.05) is 0 Å². The van der Waals surface area contributed by atoms with E-state index in [4.69, 9.17) is 4.43 Å². The van der Waals surface area contributed by atoms with Crippen LogP contribution in [-0.2, 0) is 4.43 Å². The van der Waals surface area contributed by atoms with Crippen molar-refractivity contribution in [1.29, 1.82) is 0 Å². The van der Waals surface area contributed by atoms with E-state index in [-0.39, 0.29) is 0 Å². The molecule has 0 saturated heterocycles. The average Bonchev–Trinajstić information content (AvgIpc) is 2.02. The van der Waals surface area contributed by atoms with Gasteiger partial charge in [-0.05, 0) is 51.4 Å². The summed E-state index contributed by atoms with van der Waals surface area (Å²) in [7, 11) is -1.40. The van der Waals surface area contributed by atoms with Gasteiger partial charge in [-0.3, -0.25) is 0 Å². The molecule has 0 atom stereocenters. The van der Waals surface area contributed by atoms with E-state index in [2.05, 4.69) is 40.4 Å². The Labute approximate surface area is 90.7 Å². The largest absolute Gasteiger partial charge is 0.548 e. The molecule has 14 heavy (non-hydrogen) atoms. The minimum absolute atomic E-state index is 1.14. The highest BCUT2D eigenvalue weighted by Gasteiger charge is 2.17. The fourth-order valence-corrected chi connectivity index (χ4v) is 2.59. The molecule has 0 heterocycles. The molecule has 1 nitrogen and oxygen atoms in total. The number of rotatable bonds is 6. The minimum atomic E-state index is -1.40. The van der Waals surface area contributed by atoms with Crippen LogP contribution < -0.4 is 0 Å². The van der Waals surface area contributed by atoms with E-state index in [1.807, 2.05) is 0 Å². The molecule has 0 unspecified atom stereocenters. The predicted octanol–water partition coefficient (Wildman–Crippen LogP) is 4.71. The summed E-state index contributed by atoms with van der Waals surface area (Å²) in [6.07, 6.45) is 4.90. The zero-order chi connectivity index (χ0) is 11.2. The van der Waals surface area contributed by atoms with E-state index < -0.39 is 8.32 Å². The summed E-state index contributed by atoms with van der Waals surface area (Å²) in [5.41, 5.74) is 1.51. The van der Waals surface area contributed by atoms with Gasteiger partial charge in [0, 0.05) is 0 Å². The number of hydrogen-bond donors (Lipinski definition) is 0. The van der Waals surface area contributed by atoms with Crippen LogP contribution in [0.5, 0.6) is 0 Å². The van der Waals surface area contributed by atoms with Gasteiger partial charge >= 0.3 is 0 Å². The standard InChI is InChI=1S/C12H26OSi/c1-7-9-10-12(8-2)11(3)13-14(4,5)6/h7-10H2,1-6H3. The summed E-state index contributed by atoms with van der Waals surface area (Å²) in [5, 5.41) is 0. The van der Waals surface area contributed by atoms with Crippen molar-refractivity contribution in [3.8, 4) is 0 Å². The highest BCUT2D eigenvalue weighted by Crippen LogP contribution is 2.20. The Morgan fingerprint density at radius 2 is 1.71 bits per heavy atom. The highest BCUT2D eigenvalue weighted by molar-refractivity contribution is 6.70. The molecule has 0 aromatic rings. The summed E-state index contributed by atoms with van der Waals surface area (Å²) in [6.45, 7) is 13.3. The lowest BCUT2D eigenvalue weighted by Crippen LogP contribution is -2.24. The Hall–Kier alpha value is -0.243. The van der Waals surface area contributed by atoms with Crippen LogP contribution in [0, 0.1) is 0 Å². The van der Waals surface area contributed by atoms with Gasteiger partial charge in [-0.2, -0.15) is 0 Å². The molecule has 0 radical (unpaired) electrons. The van der Waals surface area contributed by atoms with E-state index in [0.717, 1.165) is 6.42 Å². The van der Waals surface area contributed by atoms with Gasteiger partial charge in [0.15, 0.2) is 0 Å². The van der Waals surface area contributed by atoms with E-state index >= 15 is 0 Å². The van der Waals surface area contributed by atoms with Gasteiger partial charge in [0.1, 0.15) is 0 Å². The van der Waals surface area contributed by atoms with Gasteiger partial charge in [-0.25, -0.2) is 0 Å². The molecule has 0 aliphatic heterocycles. The SMILES string of the molecule is CCCCC(CC)=C(C)O[Si](C)(C)C. The zero-order valence-electron chi connectivity index (χ0n) is 10.7. The lowest BCUT2D eigenvalue weighted by atomic mass is 10.1. The third-order valence-corrected chi connectivity index (χ3v) is 3.13. The van der Waals surface area contributed by atoms with Crippen LogP contribution in [0.2, 0.25) is 19.6 Å². The molecule has 0 rings (SSSR count). The fraction of sp³-hybridized carbons (Fsp3) is 0.833. The predicted molar refractivity (Wildman–Crippen MR) is 66.9 cm³/mol. The Bertz CT molecular complexity index is 189. The quantitative estimate of drug-likeness (QED) is 0.459. The summed E-state index contributed by atoms with van der Waals surface area (Å²) >= 11 is 0. The van der Waals surface area contributed by atoms with Crippen LogP contribution in [0.15, 0.2) is 11.3 Å². The number of allylic oxidation sites excluding steroid dienone is 2. The maximum Gasteiger partial charge on any atom is 0.241 e. The maximum absolute atomic E-state index is 6.01. The molecule has 0 fully saturated rings. The average molecular weight is 214 g/mol. The third-order valence-electron chi connectivity index (χ3n) is 2.22. The molecule has 0 aliphatic rings. The van der Waals surface area contributed by atoms with Gasteiger partial charge in [0.25, 0.3) is 0 Å². The van der Waals surface area contributed by atoms with Crippen LogP contribution in [-0.4, -0.2) is 8.32 Å². The first-order chi connectivity index (χ1) is 6.40. The first-order valence-electron chi connectivity index (χ1n) is 5.78. The van der Waals surface area contributed by atoms with E-state index in [0.29, 0.717) is 0 Å². The van der Waals surface area contributed by atoms with E-state index in [9.17, 15) is 0 Å². The lowest BCUT2D eigenvalue weighted by molar-refractivity contribution is 0.411. The number of hydrogen-bond acceptors (Lipinski definition) is 1. The van der Waals surface area contributed by atoms with Gasteiger partial charge in [-0.1, -0.05) is 20.3 Å². The summed E-state index contributed by atoms with van der Waals surface area (Å²) in [4.78, 5) is 0. The third kappa shape index (κ3) is 6.25. The maximum atomic E-state index is 6.01. The lowest BCUT2D eigenvalue weighted by Gasteiger charge is -2.22. The molecule has 0 aromatic heterocycles. The Kier molecular flexibility index (Phi) is 6.17. The van der Waals surface area contributed by atoms with E-state index in [1.54, 1.807) is 0 Å². The van der Waals surface area contributed by atoms with Gasteiger partial charge in [-0.15, -0.1) is 0 Å². The van der Waals surface area contributed by atoms with Crippen molar-refractivity contribution in [3.05, 3.63) is 11.3 Å². The molecule has 84 valence electrons. The second kappa shape index (κ2) is 6.28. The molecular formula is C12H26OSi. The molecule has 0 bridgehead atoms. The zero-order valence-corrected chi connectivity index (χ0v) is 11.7. The molecule has 0 aliphatic carbocycles. The van der Waals surface area contributed by atoms with Crippen molar-refractivity contribution in [3.63, 3.8) is 0 Å². The molecule has 0 saturated carbocycles. The fourth-order valence-electron chi connectivity index (χ4n) is 1.52. The second-order valence-electron chi connectivity index (χ2n) is 4.83. The van der Waals surface area contributed by atoms with Crippen LogP contribution >= 0.6 is 0 Å². The van der Waals surface area contributed by atoms with Crippen molar-refractivity contribution in [2.45, 2.75) is 66.1 Å². The minimum Gasteiger partial charge on any atom is -0.548 e. The Balaban J connectivity index is 4.34. The van der Waals surface area contributed by atoms with Gasteiger partial charge < -0.3 is 4.43 Å². The monoisotopic (exact) mass is 214 g/mol. The van der Waals surface area contributed by atoms with Crippen LogP contribution in [0.25, 0.3) is 0 Å². The highest BCUT2D eigenvalue weighted by atomic mass is 28.4. The second-order valence-corrected chi connectivity index (χ2v) is 9.26. The normalized spacial score (nSPS) is 13.9. The van der Waals surface area contributed by atoms with Crippen molar-refractivity contribution in [1.82, 2.24) is 0 Å². The number of unbranched alkanes of at least 4 members (excludes halogenated alkanes) is 1. The summed E-state index contributed by atoms with van der Waals surface area (Å²) in [6, 6.07) is 0. The first kappa shape index (κ1) is 13.8. The van der Waals surface area contributed by atoms with Crippen molar-refractivity contribution in [2.24, 2.45) is 0 Å². The molecular weight excluding hydrogens is 188 g/mol. The Morgan fingerprint density at radius 3 is 2.07 bits per heavy atom. The van der Waals surface area contributed by atoms with Crippen molar-refractivity contribution < 1.29 is 4.43 Å². The van der Waals surface area contributed by atoms with E-state index in [1.165, 1.54) is 30.6 Å². The Morgan fingerprint density at radius 1 is 1.14 bits per heavy atom. The molecule has 0 aromatic carbocycles. The molecule has 0 spiro atoms. The first-order valence-corrected chi connectivity index (χ1v) is 9.19. The van der Waals surface area contributed by atoms with Crippen LogP contribution in [0.3, 0.4) is 0 Å². The topological polar surface area (TPSA) is 9.23 Å². The van der Waals surface area contributed by atoms with Crippen LogP contribution in [0.1, 0.15) is 46.5 Å². The van der Waals surface area contributed by atoms with Gasteiger partial charge in [0.2, 0.25) is 8.32 Å². The molecule has 0 N–H and O–H groups in total. The summed E-state index contributed by atoms with van der Waals surface area (Å²) < 4.78 is 6.01. The molecule has 2 heteroatoms. The van der Waals surface area contributed by atoms with Crippen LogP contribution in [0.4, 0.5) is 0 Å².